The molecule has 1 amide bonds. The molecule has 0 bridgehead atoms. The molecule has 0 atom stereocenters. The molecule has 2 aromatic heterocycles. The fourth-order valence-corrected chi connectivity index (χ4v) is 3.37. The van der Waals surface area contributed by atoms with Crippen molar-refractivity contribution >= 4 is 17.5 Å². The standard InChI is InChI=1S/C20H28N6O/c1-3-10-25(11-4-2)19(27)18-16-17(6-9-21-18)24-12-14-26(15-13-24)20-22-7-5-8-23-20/h5-9,16H,3-4,10-15H2,1-2H3. The summed E-state index contributed by atoms with van der Waals surface area (Å²) in [5.74, 6) is 0.800. The maximum Gasteiger partial charge on any atom is 0.272 e. The van der Waals surface area contributed by atoms with E-state index in [2.05, 4.69) is 38.6 Å². The SMILES string of the molecule is CCCN(CCC)C(=O)c1cc(N2CCN(c3ncccn3)CC2)ccn1. The maximum atomic E-state index is 12.8. The Kier molecular flexibility index (Phi) is 6.57. The molecule has 2 aromatic rings. The van der Waals surface area contributed by atoms with Crippen molar-refractivity contribution < 1.29 is 4.79 Å². The van der Waals surface area contributed by atoms with Crippen molar-refractivity contribution in [3.63, 3.8) is 0 Å². The number of pyridine rings is 1. The van der Waals surface area contributed by atoms with Crippen LogP contribution in [0.3, 0.4) is 0 Å². The van der Waals surface area contributed by atoms with E-state index >= 15 is 0 Å². The molecule has 0 N–H and O–H groups in total. The Bertz CT molecular complexity index is 724. The number of hydrogen-bond acceptors (Lipinski definition) is 6. The molecule has 1 aliphatic heterocycles. The average Bonchev–Trinajstić information content (AvgIpc) is 2.74. The van der Waals surface area contributed by atoms with Crippen molar-refractivity contribution in [3.05, 3.63) is 42.5 Å². The highest BCUT2D eigenvalue weighted by Crippen LogP contribution is 2.19. The number of piperazine rings is 1. The van der Waals surface area contributed by atoms with Gasteiger partial charge in [-0.15, -0.1) is 0 Å². The van der Waals surface area contributed by atoms with Gasteiger partial charge in [-0.3, -0.25) is 9.78 Å². The molecule has 0 aromatic carbocycles. The lowest BCUT2D eigenvalue weighted by Crippen LogP contribution is -2.47. The molecule has 1 fully saturated rings. The summed E-state index contributed by atoms with van der Waals surface area (Å²) in [6.45, 7) is 9.17. The largest absolute Gasteiger partial charge is 0.368 e. The van der Waals surface area contributed by atoms with Crippen molar-refractivity contribution in [2.75, 3.05) is 49.1 Å². The number of hydrogen-bond donors (Lipinski definition) is 0. The molecule has 0 unspecified atom stereocenters. The Hall–Kier alpha value is -2.70. The van der Waals surface area contributed by atoms with Crippen molar-refractivity contribution in [3.8, 4) is 0 Å². The van der Waals surface area contributed by atoms with E-state index in [9.17, 15) is 4.79 Å². The molecular formula is C20H28N6O. The van der Waals surface area contributed by atoms with E-state index in [1.54, 1.807) is 18.6 Å². The van der Waals surface area contributed by atoms with E-state index in [1.165, 1.54) is 0 Å². The summed E-state index contributed by atoms with van der Waals surface area (Å²) < 4.78 is 0. The Morgan fingerprint density at radius 3 is 2.22 bits per heavy atom. The van der Waals surface area contributed by atoms with Gasteiger partial charge in [-0.25, -0.2) is 9.97 Å². The molecule has 0 saturated carbocycles. The van der Waals surface area contributed by atoms with Gasteiger partial charge in [-0.05, 0) is 31.0 Å². The predicted octanol–water partition coefficient (Wildman–Crippen LogP) is 2.46. The van der Waals surface area contributed by atoms with Gasteiger partial charge in [0.1, 0.15) is 5.69 Å². The molecule has 1 aliphatic rings. The first-order valence-corrected chi connectivity index (χ1v) is 9.75. The van der Waals surface area contributed by atoms with E-state index in [0.717, 1.165) is 63.7 Å². The lowest BCUT2D eigenvalue weighted by Gasteiger charge is -2.36. The van der Waals surface area contributed by atoms with Crippen molar-refractivity contribution in [1.29, 1.82) is 0 Å². The number of amides is 1. The lowest BCUT2D eigenvalue weighted by molar-refractivity contribution is 0.0749. The third-order valence-electron chi connectivity index (χ3n) is 4.72. The van der Waals surface area contributed by atoms with E-state index in [-0.39, 0.29) is 5.91 Å². The van der Waals surface area contributed by atoms with Gasteiger partial charge < -0.3 is 14.7 Å². The van der Waals surface area contributed by atoms with Gasteiger partial charge in [0.25, 0.3) is 5.91 Å². The van der Waals surface area contributed by atoms with Crippen molar-refractivity contribution in [2.24, 2.45) is 0 Å². The van der Waals surface area contributed by atoms with Crippen LogP contribution in [0.4, 0.5) is 11.6 Å². The smallest absolute Gasteiger partial charge is 0.272 e. The van der Waals surface area contributed by atoms with Gasteiger partial charge >= 0.3 is 0 Å². The second-order valence-electron chi connectivity index (χ2n) is 6.71. The van der Waals surface area contributed by atoms with E-state index < -0.39 is 0 Å². The molecular weight excluding hydrogens is 340 g/mol. The van der Waals surface area contributed by atoms with Crippen LogP contribution in [0.25, 0.3) is 0 Å². The van der Waals surface area contributed by atoms with E-state index in [1.807, 2.05) is 23.1 Å². The molecule has 3 heterocycles. The summed E-state index contributed by atoms with van der Waals surface area (Å²) in [5, 5.41) is 0. The molecule has 1 saturated heterocycles. The van der Waals surface area contributed by atoms with Gasteiger partial charge in [0.05, 0.1) is 0 Å². The van der Waals surface area contributed by atoms with Crippen LogP contribution >= 0.6 is 0 Å². The highest BCUT2D eigenvalue weighted by Gasteiger charge is 2.21. The number of rotatable bonds is 7. The number of carbonyl (C=O) groups is 1. The average molecular weight is 368 g/mol. The van der Waals surface area contributed by atoms with Crippen LogP contribution in [0, 0.1) is 0 Å². The number of nitrogens with zero attached hydrogens (tertiary/aromatic N) is 6. The van der Waals surface area contributed by atoms with Crippen LogP contribution in [0.15, 0.2) is 36.8 Å². The first-order chi connectivity index (χ1) is 13.2. The second kappa shape index (κ2) is 9.30. The minimum Gasteiger partial charge on any atom is -0.368 e. The summed E-state index contributed by atoms with van der Waals surface area (Å²) in [6, 6.07) is 5.74. The van der Waals surface area contributed by atoms with E-state index in [4.69, 9.17) is 0 Å². The molecule has 144 valence electrons. The van der Waals surface area contributed by atoms with Gasteiger partial charge in [0.2, 0.25) is 5.95 Å². The summed E-state index contributed by atoms with van der Waals surface area (Å²) in [7, 11) is 0. The van der Waals surface area contributed by atoms with Gasteiger partial charge in [-0.2, -0.15) is 0 Å². The van der Waals surface area contributed by atoms with Gasteiger partial charge in [0.15, 0.2) is 0 Å². The van der Waals surface area contributed by atoms with Crippen molar-refractivity contribution in [1.82, 2.24) is 19.9 Å². The van der Waals surface area contributed by atoms with Crippen LogP contribution in [-0.4, -0.2) is 65.0 Å². The Balaban J connectivity index is 1.66. The predicted molar refractivity (Wildman–Crippen MR) is 107 cm³/mol. The summed E-state index contributed by atoms with van der Waals surface area (Å²) in [6.07, 6.45) is 7.19. The fraction of sp³-hybridized carbons (Fsp3) is 0.500. The first-order valence-electron chi connectivity index (χ1n) is 9.75. The van der Waals surface area contributed by atoms with Gasteiger partial charge in [0, 0.05) is 63.5 Å². The molecule has 0 radical (unpaired) electrons. The topological polar surface area (TPSA) is 65.5 Å². The summed E-state index contributed by atoms with van der Waals surface area (Å²) in [4.78, 5) is 32.2. The zero-order chi connectivity index (χ0) is 19.1. The molecule has 7 heteroatoms. The molecule has 0 aliphatic carbocycles. The van der Waals surface area contributed by atoms with Crippen LogP contribution in [0.1, 0.15) is 37.2 Å². The minimum absolute atomic E-state index is 0.0249. The Morgan fingerprint density at radius 1 is 0.963 bits per heavy atom. The molecule has 0 spiro atoms. The first kappa shape index (κ1) is 19.1. The zero-order valence-corrected chi connectivity index (χ0v) is 16.2. The number of aromatic nitrogens is 3. The summed E-state index contributed by atoms with van der Waals surface area (Å²) >= 11 is 0. The summed E-state index contributed by atoms with van der Waals surface area (Å²) in [5.41, 5.74) is 1.58. The van der Waals surface area contributed by atoms with Crippen LogP contribution in [0.2, 0.25) is 0 Å². The van der Waals surface area contributed by atoms with Crippen molar-refractivity contribution in [2.45, 2.75) is 26.7 Å². The Morgan fingerprint density at radius 2 is 1.59 bits per heavy atom. The third kappa shape index (κ3) is 4.72. The number of anilines is 2. The van der Waals surface area contributed by atoms with Crippen LogP contribution in [0.5, 0.6) is 0 Å². The lowest BCUT2D eigenvalue weighted by atomic mass is 10.2. The highest BCUT2D eigenvalue weighted by atomic mass is 16.2. The number of carbonyl (C=O) groups excluding carboxylic acids is 1. The fourth-order valence-electron chi connectivity index (χ4n) is 3.37. The van der Waals surface area contributed by atoms with Crippen LogP contribution < -0.4 is 9.80 Å². The normalized spacial score (nSPS) is 14.3. The van der Waals surface area contributed by atoms with E-state index in [0.29, 0.717) is 5.69 Å². The Labute approximate surface area is 161 Å². The molecule has 3 rings (SSSR count). The minimum atomic E-state index is 0.0249. The van der Waals surface area contributed by atoms with Crippen LogP contribution in [-0.2, 0) is 0 Å². The molecule has 7 nitrogen and oxygen atoms in total. The zero-order valence-electron chi connectivity index (χ0n) is 16.2. The molecule has 27 heavy (non-hydrogen) atoms. The third-order valence-corrected chi connectivity index (χ3v) is 4.72. The van der Waals surface area contributed by atoms with Gasteiger partial charge in [-0.1, -0.05) is 13.8 Å². The monoisotopic (exact) mass is 368 g/mol. The quantitative estimate of drug-likeness (QED) is 0.748. The highest BCUT2D eigenvalue weighted by molar-refractivity contribution is 5.93. The second-order valence-corrected chi connectivity index (χ2v) is 6.71. The maximum absolute atomic E-state index is 12.8.